The number of rotatable bonds is 5. The third-order valence-electron chi connectivity index (χ3n) is 3.49. The fourth-order valence-electron chi connectivity index (χ4n) is 2.26. The molecule has 1 heterocycles. The predicted octanol–water partition coefficient (Wildman–Crippen LogP) is 3.67. The van der Waals surface area contributed by atoms with Crippen LogP contribution in [0, 0.1) is 0 Å². The van der Waals surface area contributed by atoms with Gasteiger partial charge in [0.05, 0.1) is 11.9 Å². The molecule has 0 saturated carbocycles. The third kappa shape index (κ3) is 5.06. The number of hydrogen-bond acceptors (Lipinski definition) is 4. The molecule has 0 radical (unpaired) electrons. The normalized spacial score (nSPS) is 12.0. The van der Waals surface area contributed by atoms with Crippen LogP contribution in [0.3, 0.4) is 0 Å². The van der Waals surface area contributed by atoms with Gasteiger partial charge in [-0.15, -0.1) is 5.10 Å². The zero-order chi connectivity index (χ0) is 17.5. The number of nitrogens with two attached hydrogens (primary N) is 1. The summed E-state index contributed by atoms with van der Waals surface area (Å²) >= 11 is 1.47. The first-order valence-electron chi connectivity index (χ1n) is 7.84. The van der Waals surface area contributed by atoms with Gasteiger partial charge < -0.3 is 5.73 Å². The SMILES string of the molecule is Cn1ccc(-c2cccc(C=NN=C(N)SCc3ccccc3)c2)n1. The summed E-state index contributed by atoms with van der Waals surface area (Å²) in [5, 5.41) is 13.0. The van der Waals surface area contributed by atoms with Crippen LogP contribution in [-0.2, 0) is 12.8 Å². The molecule has 0 aliphatic rings. The van der Waals surface area contributed by atoms with Crippen molar-refractivity contribution in [3.8, 4) is 11.3 Å². The Kier molecular flexibility index (Phi) is 5.64. The van der Waals surface area contributed by atoms with E-state index in [4.69, 9.17) is 5.73 Å². The van der Waals surface area contributed by atoms with Crippen LogP contribution in [0.4, 0.5) is 0 Å². The molecule has 2 aromatic carbocycles. The van der Waals surface area contributed by atoms with Gasteiger partial charge in [-0.1, -0.05) is 60.3 Å². The molecule has 0 atom stereocenters. The smallest absolute Gasteiger partial charge is 0.180 e. The van der Waals surface area contributed by atoms with E-state index in [9.17, 15) is 0 Å². The lowest BCUT2D eigenvalue weighted by molar-refractivity contribution is 0.771. The van der Waals surface area contributed by atoms with Gasteiger partial charge in [0.2, 0.25) is 0 Å². The summed E-state index contributed by atoms with van der Waals surface area (Å²) in [6.07, 6.45) is 3.62. The molecule has 0 spiro atoms. The first kappa shape index (κ1) is 17.0. The lowest BCUT2D eigenvalue weighted by Gasteiger charge is -2.00. The molecule has 0 bridgehead atoms. The molecule has 0 aliphatic heterocycles. The number of amidine groups is 1. The molecule has 2 N–H and O–H groups in total. The summed E-state index contributed by atoms with van der Waals surface area (Å²) in [6.45, 7) is 0. The quantitative estimate of drug-likeness (QED) is 0.434. The summed E-state index contributed by atoms with van der Waals surface area (Å²) in [6, 6.07) is 20.1. The number of thioether (sulfide) groups is 1. The highest BCUT2D eigenvalue weighted by atomic mass is 32.2. The Morgan fingerprint density at radius 3 is 2.76 bits per heavy atom. The van der Waals surface area contributed by atoms with Crippen molar-refractivity contribution in [1.29, 1.82) is 0 Å². The molecule has 0 unspecified atom stereocenters. The van der Waals surface area contributed by atoms with E-state index in [1.54, 1.807) is 10.9 Å². The lowest BCUT2D eigenvalue weighted by atomic mass is 10.1. The molecule has 0 saturated heterocycles. The van der Waals surface area contributed by atoms with Crippen LogP contribution in [0.25, 0.3) is 11.3 Å². The molecule has 3 rings (SSSR count). The van der Waals surface area contributed by atoms with E-state index in [-0.39, 0.29) is 0 Å². The van der Waals surface area contributed by atoms with Crippen LogP contribution in [0.5, 0.6) is 0 Å². The molecule has 0 amide bonds. The van der Waals surface area contributed by atoms with Crippen molar-refractivity contribution in [1.82, 2.24) is 9.78 Å². The first-order valence-corrected chi connectivity index (χ1v) is 8.82. The van der Waals surface area contributed by atoms with E-state index in [0.29, 0.717) is 5.17 Å². The third-order valence-corrected chi connectivity index (χ3v) is 4.34. The minimum atomic E-state index is 0.445. The van der Waals surface area contributed by atoms with Gasteiger partial charge in [-0.2, -0.15) is 10.2 Å². The Bertz CT molecular complexity index is 884. The van der Waals surface area contributed by atoms with Crippen molar-refractivity contribution >= 4 is 23.1 Å². The van der Waals surface area contributed by atoms with Crippen molar-refractivity contribution < 1.29 is 0 Å². The topological polar surface area (TPSA) is 68.6 Å². The van der Waals surface area contributed by atoms with Crippen molar-refractivity contribution in [2.24, 2.45) is 23.0 Å². The van der Waals surface area contributed by atoms with E-state index < -0.39 is 0 Å². The van der Waals surface area contributed by atoms with E-state index in [0.717, 1.165) is 22.6 Å². The van der Waals surface area contributed by atoms with Crippen LogP contribution in [0.1, 0.15) is 11.1 Å². The molecule has 1 aromatic heterocycles. The summed E-state index contributed by atoms with van der Waals surface area (Å²) in [4.78, 5) is 0. The molecular weight excluding hydrogens is 330 g/mol. The first-order chi connectivity index (χ1) is 12.2. The van der Waals surface area contributed by atoms with Crippen molar-refractivity contribution in [2.75, 3.05) is 0 Å². The van der Waals surface area contributed by atoms with Crippen molar-refractivity contribution in [2.45, 2.75) is 5.75 Å². The number of benzene rings is 2. The average molecular weight is 349 g/mol. The number of hydrogen-bond donors (Lipinski definition) is 1. The van der Waals surface area contributed by atoms with Crippen LogP contribution in [0.15, 0.2) is 77.1 Å². The van der Waals surface area contributed by atoms with Crippen molar-refractivity contribution in [3.05, 3.63) is 78.0 Å². The highest BCUT2D eigenvalue weighted by Gasteiger charge is 2.01. The molecular formula is C19H19N5S. The second-order valence-electron chi connectivity index (χ2n) is 5.46. The Morgan fingerprint density at radius 2 is 2.00 bits per heavy atom. The van der Waals surface area contributed by atoms with Gasteiger partial charge in [0.1, 0.15) is 0 Å². The fourth-order valence-corrected chi connectivity index (χ4v) is 2.87. The van der Waals surface area contributed by atoms with E-state index in [1.165, 1.54) is 17.3 Å². The van der Waals surface area contributed by atoms with Crippen molar-refractivity contribution in [3.63, 3.8) is 0 Å². The Balaban J connectivity index is 1.61. The maximum Gasteiger partial charge on any atom is 0.180 e. The number of nitrogens with zero attached hydrogens (tertiary/aromatic N) is 4. The highest BCUT2D eigenvalue weighted by Crippen LogP contribution is 2.17. The number of aromatic nitrogens is 2. The Morgan fingerprint density at radius 1 is 1.16 bits per heavy atom. The van der Waals surface area contributed by atoms with Crippen LogP contribution >= 0.6 is 11.8 Å². The molecule has 0 aliphatic carbocycles. The monoisotopic (exact) mass is 349 g/mol. The summed E-state index contributed by atoms with van der Waals surface area (Å²) in [7, 11) is 1.90. The zero-order valence-electron chi connectivity index (χ0n) is 13.9. The van der Waals surface area contributed by atoms with E-state index >= 15 is 0 Å². The summed E-state index contributed by atoms with van der Waals surface area (Å²) < 4.78 is 1.78. The van der Waals surface area contributed by atoms with Crippen LogP contribution in [0.2, 0.25) is 0 Å². The molecule has 3 aromatic rings. The van der Waals surface area contributed by atoms with Gasteiger partial charge >= 0.3 is 0 Å². The summed E-state index contributed by atoms with van der Waals surface area (Å²) in [5.41, 5.74) is 10.0. The van der Waals surface area contributed by atoms with Gasteiger partial charge in [0.25, 0.3) is 0 Å². The fraction of sp³-hybridized carbons (Fsp3) is 0.105. The zero-order valence-corrected chi connectivity index (χ0v) is 14.7. The van der Waals surface area contributed by atoms with Gasteiger partial charge in [-0.3, -0.25) is 4.68 Å². The van der Waals surface area contributed by atoms with E-state index in [2.05, 4.69) is 27.4 Å². The summed E-state index contributed by atoms with van der Waals surface area (Å²) in [5.74, 6) is 0.779. The van der Waals surface area contributed by atoms with Crippen LogP contribution in [-0.4, -0.2) is 21.2 Å². The Hall–Kier alpha value is -2.86. The highest BCUT2D eigenvalue weighted by molar-refractivity contribution is 8.13. The minimum Gasteiger partial charge on any atom is -0.377 e. The van der Waals surface area contributed by atoms with Gasteiger partial charge in [-0.25, -0.2) is 0 Å². The second-order valence-corrected chi connectivity index (χ2v) is 6.45. The minimum absolute atomic E-state index is 0.445. The molecule has 126 valence electrons. The molecule has 0 fully saturated rings. The predicted molar refractivity (Wildman–Crippen MR) is 106 cm³/mol. The molecule has 25 heavy (non-hydrogen) atoms. The average Bonchev–Trinajstić information content (AvgIpc) is 3.08. The second kappa shape index (κ2) is 8.30. The lowest BCUT2D eigenvalue weighted by Crippen LogP contribution is -2.05. The Labute approximate surface area is 151 Å². The number of aryl methyl sites for hydroxylation is 1. The molecule has 6 heteroatoms. The standard InChI is InChI=1S/C19H19N5S/c1-24-11-10-18(23-24)17-9-5-8-16(12-17)13-21-22-19(20)25-14-15-6-3-2-4-7-15/h2-13H,14H2,1H3,(H2,20,22). The van der Waals surface area contributed by atoms with Gasteiger partial charge in [-0.05, 0) is 23.3 Å². The molecule has 5 nitrogen and oxygen atoms in total. The van der Waals surface area contributed by atoms with Gasteiger partial charge in [0, 0.05) is 24.6 Å². The van der Waals surface area contributed by atoms with Crippen LogP contribution < -0.4 is 5.73 Å². The largest absolute Gasteiger partial charge is 0.377 e. The maximum atomic E-state index is 5.90. The van der Waals surface area contributed by atoms with Gasteiger partial charge in [0.15, 0.2) is 5.17 Å². The maximum absolute atomic E-state index is 5.90. The van der Waals surface area contributed by atoms with E-state index in [1.807, 2.05) is 61.8 Å².